The van der Waals surface area contributed by atoms with Crippen LogP contribution in [-0.4, -0.2) is 21.7 Å². The van der Waals surface area contributed by atoms with Gasteiger partial charge in [0.05, 0.1) is 13.3 Å². The van der Waals surface area contributed by atoms with Gasteiger partial charge in [-0.25, -0.2) is 4.98 Å². The molecule has 4 aromatic rings. The molecule has 1 N–H and O–H groups in total. The number of fused-ring (bicyclic) bond motifs is 1. The normalized spacial score (nSPS) is 10.9. The van der Waals surface area contributed by atoms with Crippen molar-refractivity contribution in [3.8, 4) is 16.9 Å². The van der Waals surface area contributed by atoms with Crippen LogP contribution in [0.3, 0.4) is 0 Å². The minimum atomic E-state index is 0.831. The van der Waals surface area contributed by atoms with Crippen LogP contribution in [0.4, 0.5) is 11.5 Å². The Hall–Kier alpha value is -3.34. The van der Waals surface area contributed by atoms with Crippen LogP contribution >= 0.6 is 0 Å². The summed E-state index contributed by atoms with van der Waals surface area (Å²) in [6, 6.07) is 20.2. The van der Waals surface area contributed by atoms with Crippen LogP contribution in [0.5, 0.6) is 5.75 Å². The highest BCUT2D eigenvalue weighted by Gasteiger charge is 2.13. The summed E-state index contributed by atoms with van der Waals surface area (Å²) in [6.07, 6.45) is 3.85. The van der Waals surface area contributed by atoms with Gasteiger partial charge in [-0.15, -0.1) is 0 Å². The van der Waals surface area contributed by atoms with Crippen LogP contribution in [0, 0.1) is 0 Å². The molecule has 0 aliphatic carbocycles. The molecule has 0 fully saturated rings. The molecule has 5 nitrogen and oxygen atoms in total. The first-order chi connectivity index (χ1) is 13.3. The molecule has 0 unspecified atom stereocenters. The van der Waals surface area contributed by atoms with E-state index < -0.39 is 0 Å². The van der Waals surface area contributed by atoms with Gasteiger partial charge in [-0.3, -0.25) is 0 Å². The molecule has 0 amide bonds. The van der Waals surface area contributed by atoms with Gasteiger partial charge in [-0.05, 0) is 36.2 Å². The molecule has 2 heterocycles. The fourth-order valence-electron chi connectivity index (χ4n) is 3.13. The van der Waals surface area contributed by atoms with Crippen LogP contribution in [-0.2, 0) is 6.42 Å². The van der Waals surface area contributed by atoms with Crippen LogP contribution in [0.15, 0.2) is 66.9 Å². The third kappa shape index (κ3) is 3.49. The number of rotatable bonds is 6. The number of anilines is 2. The predicted octanol–water partition coefficient (Wildman–Crippen LogP) is 5.10. The Morgan fingerprint density at radius 2 is 1.81 bits per heavy atom. The highest BCUT2D eigenvalue weighted by atomic mass is 16.5. The zero-order valence-electron chi connectivity index (χ0n) is 15.5. The molecule has 0 aliphatic heterocycles. The van der Waals surface area contributed by atoms with Gasteiger partial charge in [0, 0.05) is 23.0 Å². The molecular formula is C22H22N4O. The van der Waals surface area contributed by atoms with E-state index in [0.29, 0.717) is 0 Å². The first-order valence-electron chi connectivity index (χ1n) is 9.12. The Morgan fingerprint density at radius 1 is 1.04 bits per heavy atom. The van der Waals surface area contributed by atoms with Crippen LogP contribution in [0.2, 0.25) is 0 Å². The molecule has 2 aromatic carbocycles. The van der Waals surface area contributed by atoms with Gasteiger partial charge in [0.25, 0.3) is 0 Å². The Morgan fingerprint density at radius 3 is 2.52 bits per heavy atom. The Kier molecular flexibility index (Phi) is 4.75. The van der Waals surface area contributed by atoms with Crippen LogP contribution < -0.4 is 10.1 Å². The van der Waals surface area contributed by atoms with Crippen molar-refractivity contribution < 1.29 is 4.74 Å². The van der Waals surface area contributed by atoms with Gasteiger partial charge in [0.15, 0.2) is 5.65 Å². The summed E-state index contributed by atoms with van der Waals surface area (Å²) in [5.74, 6) is 1.73. The molecule has 0 radical (unpaired) electrons. The first-order valence-corrected chi connectivity index (χ1v) is 9.12. The summed E-state index contributed by atoms with van der Waals surface area (Å²) in [6.45, 7) is 2.16. The van der Waals surface area contributed by atoms with E-state index in [-0.39, 0.29) is 0 Å². The van der Waals surface area contributed by atoms with Crippen molar-refractivity contribution in [2.24, 2.45) is 0 Å². The Labute approximate surface area is 158 Å². The quantitative estimate of drug-likeness (QED) is 0.521. The van der Waals surface area contributed by atoms with E-state index in [1.165, 1.54) is 0 Å². The molecule has 0 saturated heterocycles. The van der Waals surface area contributed by atoms with Crippen LogP contribution in [0.25, 0.3) is 16.8 Å². The van der Waals surface area contributed by atoms with Crippen molar-refractivity contribution >= 4 is 17.2 Å². The maximum atomic E-state index is 5.24. The molecular weight excluding hydrogens is 336 g/mol. The summed E-state index contributed by atoms with van der Waals surface area (Å²) < 4.78 is 7.10. The summed E-state index contributed by atoms with van der Waals surface area (Å²) in [7, 11) is 1.67. The minimum absolute atomic E-state index is 0.831. The average molecular weight is 358 g/mol. The topological polar surface area (TPSA) is 51.5 Å². The lowest BCUT2D eigenvalue weighted by molar-refractivity contribution is 0.415. The van der Waals surface area contributed by atoms with Gasteiger partial charge >= 0.3 is 0 Å². The highest BCUT2D eigenvalue weighted by Crippen LogP contribution is 2.27. The number of hydrogen-bond acceptors (Lipinski definition) is 4. The van der Waals surface area contributed by atoms with E-state index >= 15 is 0 Å². The fourth-order valence-corrected chi connectivity index (χ4v) is 3.13. The number of benzene rings is 2. The summed E-state index contributed by atoms with van der Waals surface area (Å²) >= 11 is 0. The third-order valence-corrected chi connectivity index (χ3v) is 4.48. The van der Waals surface area contributed by atoms with Crippen molar-refractivity contribution in [1.82, 2.24) is 14.6 Å². The van der Waals surface area contributed by atoms with E-state index in [0.717, 1.165) is 52.6 Å². The zero-order valence-corrected chi connectivity index (χ0v) is 15.5. The standard InChI is InChI=1S/C22H22N4O/c1-3-7-18-14-21(24-17-10-12-19(27-2)13-11-17)26-22(25-18)20(15-23-26)16-8-5-4-6-9-16/h4-6,8-15,24H,3,7H2,1-2H3. The number of nitrogens with zero attached hydrogens (tertiary/aromatic N) is 3. The van der Waals surface area contributed by atoms with Crippen molar-refractivity contribution in [3.05, 3.63) is 72.6 Å². The molecule has 27 heavy (non-hydrogen) atoms. The molecule has 4 rings (SSSR count). The van der Waals surface area contributed by atoms with E-state index in [2.05, 4.69) is 35.5 Å². The van der Waals surface area contributed by atoms with Gasteiger partial charge in [-0.2, -0.15) is 9.61 Å². The minimum Gasteiger partial charge on any atom is -0.497 e. The molecule has 0 saturated carbocycles. The van der Waals surface area contributed by atoms with E-state index in [4.69, 9.17) is 9.72 Å². The Bertz CT molecular complexity index is 1040. The largest absolute Gasteiger partial charge is 0.497 e. The van der Waals surface area contributed by atoms with Crippen molar-refractivity contribution in [1.29, 1.82) is 0 Å². The number of ether oxygens (including phenoxy) is 1. The highest BCUT2D eigenvalue weighted by molar-refractivity contribution is 5.78. The summed E-state index contributed by atoms with van der Waals surface area (Å²) in [4.78, 5) is 4.87. The van der Waals surface area contributed by atoms with Gasteiger partial charge in [0.1, 0.15) is 11.6 Å². The maximum Gasteiger partial charge on any atom is 0.165 e. The van der Waals surface area contributed by atoms with Gasteiger partial charge in [0.2, 0.25) is 0 Å². The average Bonchev–Trinajstić information content (AvgIpc) is 3.14. The number of aromatic nitrogens is 3. The molecule has 0 spiro atoms. The summed E-state index contributed by atoms with van der Waals surface area (Å²) in [5.41, 5.74) is 5.04. The van der Waals surface area contributed by atoms with Gasteiger partial charge < -0.3 is 10.1 Å². The van der Waals surface area contributed by atoms with E-state index in [9.17, 15) is 0 Å². The zero-order chi connectivity index (χ0) is 18.6. The van der Waals surface area contributed by atoms with Crippen LogP contribution in [0.1, 0.15) is 19.0 Å². The number of nitrogens with one attached hydrogen (secondary N) is 1. The molecule has 0 aliphatic rings. The molecule has 5 heteroatoms. The SMILES string of the molecule is CCCc1cc(Nc2ccc(OC)cc2)n2ncc(-c3ccccc3)c2n1. The second kappa shape index (κ2) is 7.50. The molecule has 2 aromatic heterocycles. The maximum absolute atomic E-state index is 5.24. The number of hydrogen-bond donors (Lipinski definition) is 1. The number of aryl methyl sites for hydroxylation is 1. The van der Waals surface area contributed by atoms with Gasteiger partial charge in [-0.1, -0.05) is 43.7 Å². The lowest BCUT2D eigenvalue weighted by Crippen LogP contribution is -2.04. The predicted molar refractivity (Wildman–Crippen MR) is 109 cm³/mol. The van der Waals surface area contributed by atoms with E-state index in [1.54, 1.807) is 7.11 Å². The van der Waals surface area contributed by atoms with Crippen molar-refractivity contribution in [2.75, 3.05) is 12.4 Å². The lowest BCUT2D eigenvalue weighted by atomic mass is 10.1. The number of methoxy groups -OCH3 is 1. The monoisotopic (exact) mass is 358 g/mol. The van der Waals surface area contributed by atoms with Crippen molar-refractivity contribution in [2.45, 2.75) is 19.8 Å². The molecule has 0 atom stereocenters. The second-order valence-corrected chi connectivity index (χ2v) is 6.40. The third-order valence-electron chi connectivity index (χ3n) is 4.48. The Balaban J connectivity index is 1.80. The second-order valence-electron chi connectivity index (χ2n) is 6.40. The van der Waals surface area contributed by atoms with Crippen molar-refractivity contribution in [3.63, 3.8) is 0 Å². The summed E-state index contributed by atoms with van der Waals surface area (Å²) in [5, 5.41) is 8.06. The lowest BCUT2D eigenvalue weighted by Gasteiger charge is -2.11. The first kappa shape index (κ1) is 17.1. The smallest absolute Gasteiger partial charge is 0.165 e. The molecule has 0 bridgehead atoms. The molecule has 136 valence electrons. The fraction of sp³-hybridized carbons (Fsp3) is 0.182. The van der Waals surface area contributed by atoms with E-state index in [1.807, 2.05) is 53.2 Å².